The Kier molecular flexibility index (Phi) is 5.45. The fraction of sp³-hybridized carbons (Fsp3) is 0.353. The van der Waals surface area contributed by atoms with Gasteiger partial charge >= 0.3 is 0 Å². The van der Waals surface area contributed by atoms with Crippen LogP contribution in [0, 0.1) is 5.82 Å². The van der Waals surface area contributed by atoms with Crippen molar-refractivity contribution in [3.8, 4) is 11.6 Å². The number of nitrogens with zero attached hydrogens (tertiary/aromatic N) is 4. The molecule has 1 fully saturated rings. The van der Waals surface area contributed by atoms with Crippen molar-refractivity contribution in [2.45, 2.75) is 25.3 Å². The van der Waals surface area contributed by atoms with E-state index >= 15 is 0 Å². The minimum absolute atomic E-state index is 0. The van der Waals surface area contributed by atoms with E-state index in [1.54, 1.807) is 6.07 Å². The minimum atomic E-state index is -0.268. The second-order valence-electron chi connectivity index (χ2n) is 6.00. The maximum atomic E-state index is 13.2. The molecule has 0 radical (unpaired) electrons. The molecule has 0 aliphatic carbocycles. The van der Waals surface area contributed by atoms with E-state index in [0.29, 0.717) is 29.9 Å². The molecule has 1 aliphatic heterocycles. The predicted molar refractivity (Wildman–Crippen MR) is 93.1 cm³/mol. The van der Waals surface area contributed by atoms with Crippen molar-refractivity contribution in [1.82, 2.24) is 25.2 Å². The molecule has 0 saturated carbocycles. The summed E-state index contributed by atoms with van der Waals surface area (Å²) in [5.74, 6) is 0.643. The van der Waals surface area contributed by atoms with Crippen LogP contribution >= 0.6 is 12.4 Å². The third kappa shape index (κ3) is 4.05. The Labute approximate surface area is 150 Å². The molecular formula is C17H19ClFN5O. The van der Waals surface area contributed by atoms with Gasteiger partial charge in [-0.05, 0) is 43.1 Å². The summed E-state index contributed by atoms with van der Waals surface area (Å²) < 4.78 is 20.5. The first kappa shape index (κ1) is 17.6. The van der Waals surface area contributed by atoms with Gasteiger partial charge in [-0.15, -0.1) is 12.4 Å². The second kappa shape index (κ2) is 7.76. The molecule has 0 amide bonds. The monoisotopic (exact) mass is 363 g/mol. The summed E-state index contributed by atoms with van der Waals surface area (Å²) in [7, 11) is 0. The average Bonchev–Trinajstić information content (AvgIpc) is 3.25. The first-order valence-corrected chi connectivity index (χ1v) is 8.11. The van der Waals surface area contributed by atoms with Gasteiger partial charge in [-0.25, -0.2) is 4.39 Å². The molecule has 1 saturated heterocycles. The summed E-state index contributed by atoms with van der Waals surface area (Å²) in [4.78, 5) is 4.37. The Morgan fingerprint density at radius 1 is 1.32 bits per heavy atom. The van der Waals surface area contributed by atoms with Crippen molar-refractivity contribution in [2.24, 2.45) is 0 Å². The van der Waals surface area contributed by atoms with E-state index in [1.165, 1.54) is 12.1 Å². The molecule has 4 rings (SSSR count). The highest BCUT2D eigenvalue weighted by molar-refractivity contribution is 5.85. The number of hydrogen-bond donors (Lipinski definition) is 1. The van der Waals surface area contributed by atoms with Crippen molar-refractivity contribution in [2.75, 3.05) is 13.1 Å². The summed E-state index contributed by atoms with van der Waals surface area (Å²) in [5.41, 5.74) is 1.47. The molecule has 25 heavy (non-hydrogen) atoms. The Bertz CT molecular complexity index is 828. The molecule has 132 valence electrons. The molecule has 1 aromatic carbocycles. The summed E-state index contributed by atoms with van der Waals surface area (Å²) in [6.07, 6.45) is 4.64. The topological polar surface area (TPSA) is 68.8 Å². The fourth-order valence-electron chi connectivity index (χ4n) is 2.97. The zero-order valence-corrected chi connectivity index (χ0v) is 14.4. The number of hydrogen-bond acceptors (Lipinski definition) is 5. The standard InChI is InChI=1S/C17H18FN5O.ClH/c18-13-4-1-3-12(9-13)10-16-20-17(24-22-16)15-6-8-23(21-15)14-5-2-7-19-11-14;/h1,3-4,6,8-9,14,19H,2,5,7,10-11H2;1H. The maximum Gasteiger partial charge on any atom is 0.278 e. The Morgan fingerprint density at radius 2 is 2.24 bits per heavy atom. The quantitative estimate of drug-likeness (QED) is 0.771. The lowest BCUT2D eigenvalue weighted by Crippen LogP contribution is -2.31. The van der Waals surface area contributed by atoms with E-state index in [2.05, 4.69) is 20.6 Å². The van der Waals surface area contributed by atoms with E-state index in [-0.39, 0.29) is 18.2 Å². The first-order chi connectivity index (χ1) is 11.8. The van der Waals surface area contributed by atoms with Crippen LogP contribution in [0.25, 0.3) is 11.6 Å². The molecule has 6 nitrogen and oxygen atoms in total. The zero-order chi connectivity index (χ0) is 16.4. The van der Waals surface area contributed by atoms with Gasteiger partial charge in [0.2, 0.25) is 0 Å². The van der Waals surface area contributed by atoms with Crippen molar-refractivity contribution >= 4 is 12.4 Å². The summed E-state index contributed by atoms with van der Waals surface area (Å²) in [5, 5.41) is 11.9. The van der Waals surface area contributed by atoms with E-state index in [9.17, 15) is 4.39 Å². The maximum absolute atomic E-state index is 13.2. The van der Waals surface area contributed by atoms with Crippen LogP contribution in [0.4, 0.5) is 4.39 Å². The molecule has 3 heterocycles. The number of piperidine rings is 1. The lowest BCUT2D eigenvalue weighted by Gasteiger charge is -2.22. The van der Waals surface area contributed by atoms with E-state index in [1.807, 2.05) is 23.0 Å². The van der Waals surface area contributed by atoms with Crippen molar-refractivity contribution in [3.05, 3.63) is 53.7 Å². The highest BCUT2D eigenvalue weighted by Gasteiger charge is 2.18. The Hall–Kier alpha value is -2.25. The van der Waals surface area contributed by atoms with Gasteiger partial charge in [-0.3, -0.25) is 4.68 Å². The average molecular weight is 364 g/mol. The van der Waals surface area contributed by atoms with Gasteiger partial charge in [-0.1, -0.05) is 17.3 Å². The molecule has 1 unspecified atom stereocenters. The lowest BCUT2D eigenvalue weighted by molar-refractivity contribution is 0.346. The van der Waals surface area contributed by atoms with Gasteiger partial charge in [0.15, 0.2) is 11.5 Å². The SMILES string of the molecule is Cl.Fc1cccc(Cc2noc(-c3ccn(C4CCCNC4)n3)n2)c1. The summed E-state index contributed by atoms with van der Waals surface area (Å²) in [6.45, 7) is 1.99. The van der Waals surface area contributed by atoms with Crippen molar-refractivity contribution in [3.63, 3.8) is 0 Å². The second-order valence-corrected chi connectivity index (χ2v) is 6.00. The van der Waals surface area contributed by atoms with Gasteiger partial charge in [0.1, 0.15) is 5.82 Å². The van der Waals surface area contributed by atoms with E-state index in [4.69, 9.17) is 4.52 Å². The zero-order valence-electron chi connectivity index (χ0n) is 13.6. The molecule has 2 aromatic heterocycles. The van der Waals surface area contributed by atoms with Crippen LogP contribution < -0.4 is 5.32 Å². The van der Waals surface area contributed by atoms with Crippen molar-refractivity contribution < 1.29 is 8.91 Å². The molecule has 0 spiro atoms. The van der Waals surface area contributed by atoms with Crippen LogP contribution in [0.5, 0.6) is 0 Å². The lowest BCUT2D eigenvalue weighted by atomic mass is 10.1. The fourth-order valence-corrected chi connectivity index (χ4v) is 2.97. The molecule has 1 atom stereocenters. The molecule has 8 heteroatoms. The summed E-state index contributed by atoms with van der Waals surface area (Å²) in [6, 6.07) is 8.64. The van der Waals surface area contributed by atoms with Gasteiger partial charge in [0.05, 0.1) is 6.04 Å². The van der Waals surface area contributed by atoms with Crippen LogP contribution in [0.2, 0.25) is 0 Å². The third-order valence-electron chi connectivity index (χ3n) is 4.19. The predicted octanol–water partition coefficient (Wildman–Crippen LogP) is 3.01. The normalized spacial score (nSPS) is 17.2. The number of rotatable bonds is 4. The van der Waals surface area contributed by atoms with E-state index in [0.717, 1.165) is 31.5 Å². The van der Waals surface area contributed by atoms with Gasteiger partial charge in [-0.2, -0.15) is 10.1 Å². The smallest absolute Gasteiger partial charge is 0.278 e. The van der Waals surface area contributed by atoms with Gasteiger partial charge < -0.3 is 9.84 Å². The molecule has 3 aromatic rings. The van der Waals surface area contributed by atoms with Crippen molar-refractivity contribution in [1.29, 1.82) is 0 Å². The van der Waals surface area contributed by atoms with Crippen LogP contribution in [-0.2, 0) is 6.42 Å². The molecule has 0 bridgehead atoms. The third-order valence-corrected chi connectivity index (χ3v) is 4.19. The number of benzene rings is 1. The van der Waals surface area contributed by atoms with Crippen LogP contribution in [0.15, 0.2) is 41.1 Å². The van der Waals surface area contributed by atoms with Crippen LogP contribution in [0.3, 0.4) is 0 Å². The number of aromatic nitrogens is 4. The Morgan fingerprint density at radius 3 is 3.04 bits per heavy atom. The number of nitrogens with one attached hydrogen (secondary N) is 1. The minimum Gasteiger partial charge on any atom is -0.332 e. The highest BCUT2D eigenvalue weighted by atomic mass is 35.5. The van der Waals surface area contributed by atoms with E-state index < -0.39 is 0 Å². The first-order valence-electron chi connectivity index (χ1n) is 8.11. The summed E-state index contributed by atoms with van der Waals surface area (Å²) >= 11 is 0. The van der Waals surface area contributed by atoms with Gasteiger partial charge in [0.25, 0.3) is 5.89 Å². The molecular weight excluding hydrogens is 345 g/mol. The number of halogens is 2. The highest BCUT2D eigenvalue weighted by Crippen LogP contribution is 2.20. The molecule has 1 N–H and O–H groups in total. The largest absolute Gasteiger partial charge is 0.332 e. The Balaban J connectivity index is 0.00000182. The van der Waals surface area contributed by atoms with Gasteiger partial charge in [0, 0.05) is 19.2 Å². The molecule has 1 aliphatic rings. The van der Waals surface area contributed by atoms with Crippen LogP contribution in [0.1, 0.15) is 30.3 Å². The van der Waals surface area contributed by atoms with Crippen LogP contribution in [-0.4, -0.2) is 33.0 Å².